The zero-order valence-electron chi connectivity index (χ0n) is 16.3. The number of hydrogen-bond acceptors (Lipinski definition) is 5. The largest absolute Gasteiger partial charge is 0.487 e. The molecule has 0 aromatic heterocycles. The fourth-order valence-electron chi connectivity index (χ4n) is 2.04. The van der Waals surface area contributed by atoms with E-state index in [1.807, 2.05) is 38.1 Å². The molecule has 0 radical (unpaired) electrons. The molecule has 140 valence electrons. The first kappa shape index (κ1) is 21.0. The van der Waals surface area contributed by atoms with Crippen LogP contribution in [0.1, 0.15) is 53.5 Å². The van der Waals surface area contributed by atoms with E-state index in [9.17, 15) is 9.59 Å². The van der Waals surface area contributed by atoms with Crippen molar-refractivity contribution >= 4 is 11.9 Å². The fraction of sp³-hybridized carbons (Fsp3) is 0.600. The summed E-state index contributed by atoms with van der Waals surface area (Å²) in [4.78, 5) is 24.0. The predicted octanol–water partition coefficient (Wildman–Crippen LogP) is 4.06. The van der Waals surface area contributed by atoms with Crippen LogP contribution in [0.2, 0.25) is 0 Å². The quantitative estimate of drug-likeness (QED) is 0.694. The molecule has 0 heterocycles. The molecular formula is C20H30O5. The van der Waals surface area contributed by atoms with Gasteiger partial charge in [-0.1, -0.05) is 24.6 Å². The molecule has 0 saturated carbocycles. The number of hydrogen-bond donors (Lipinski definition) is 0. The van der Waals surface area contributed by atoms with E-state index >= 15 is 0 Å². The summed E-state index contributed by atoms with van der Waals surface area (Å²) in [6.45, 7) is 12.7. The van der Waals surface area contributed by atoms with Gasteiger partial charge in [0.15, 0.2) is 0 Å². The van der Waals surface area contributed by atoms with Gasteiger partial charge in [0.2, 0.25) is 0 Å². The van der Waals surface area contributed by atoms with E-state index in [-0.39, 0.29) is 12.5 Å². The third-order valence-electron chi connectivity index (χ3n) is 3.60. The van der Waals surface area contributed by atoms with Gasteiger partial charge in [-0.05, 0) is 53.7 Å². The Hall–Kier alpha value is -2.04. The topological polar surface area (TPSA) is 61.8 Å². The molecule has 1 rings (SSSR count). The lowest BCUT2D eigenvalue weighted by Gasteiger charge is -2.24. The molecule has 0 saturated heterocycles. The molecule has 0 unspecified atom stereocenters. The minimum absolute atomic E-state index is 0.00394. The molecule has 0 bridgehead atoms. The van der Waals surface area contributed by atoms with Gasteiger partial charge < -0.3 is 14.2 Å². The molecule has 5 heteroatoms. The van der Waals surface area contributed by atoms with Crippen LogP contribution in [0.3, 0.4) is 0 Å². The van der Waals surface area contributed by atoms with E-state index < -0.39 is 29.6 Å². The Bertz CT molecular complexity index is 571. The Morgan fingerprint density at radius 2 is 1.56 bits per heavy atom. The first-order chi connectivity index (χ1) is 11.5. The highest BCUT2D eigenvalue weighted by molar-refractivity contribution is 5.79. The molecule has 0 fully saturated rings. The second-order valence-electron chi connectivity index (χ2n) is 7.47. The summed E-state index contributed by atoms with van der Waals surface area (Å²) >= 11 is 0. The Balaban J connectivity index is 2.48. The summed E-state index contributed by atoms with van der Waals surface area (Å²) < 4.78 is 16.4. The maximum atomic E-state index is 12.2. The normalized spacial score (nSPS) is 15.0. The Labute approximate surface area is 150 Å². The maximum absolute atomic E-state index is 12.2. The average molecular weight is 350 g/mol. The van der Waals surface area contributed by atoms with Crippen molar-refractivity contribution in [1.82, 2.24) is 0 Å². The molecule has 0 N–H and O–H groups in total. The first-order valence-electron chi connectivity index (χ1n) is 8.63. The molecule has 0 aliphatic rings. The van der Waals surface area contributed by atoms with Crippen molar-refractivity contribution in [2.45, 2.75) is 72.7 Å². The van der Waals surface area contributed by atoms with Crippen LogP contribution < -0.4 is 4.74 Å². The summed E-state index contributed by atoms with van der Waals surface area (Å²) in [6.07, 6.45) is -0.744. The zero-order valence-corrected chi connectivity index (χ0v) is 16.3. The van der Waals surface area contributed by atoms with E-state index in [0.29, 0.717) is 0 Å². The van der Waals surface area contributed by atoms with Gasteiger partial charge in [0.1, 0.15) is 23.6 Å². The first-order valence-corrected chi connectivity index (χ1v) is 8.63. The van der Waals surface area contributed by atoms with Gasteiger partial charge in [0, 0.05) is 0 Å². The lowest BCUT2D eigenvalue weighted by molar-refractivity contribution is -0.164. The number of carbonyl (C=O) groups excluding carboxylic acids is 2. The second-order valence-corrected chi connectivity index (χ2v) is 7.47. The van der Waals surface area contributed by atoms with E-state index in [2.05, 4.69) is 0 Å². The monoisotopic (exact) mass is 350 g/mol. The lowest BCUT2D eigenvalue weighted by Crippen LogP contribution is -2.33. The van der Waals surface area contributed by atoms with Gasteiger partial charge in [-0.3, -0.25) is 9.59 Å². The van der Waals surface area contributed by atoms with Crippen LogP contribution in [0.5, 0.6) is 5.75 Å². The molecular weight excluding hydrogens is 320 g/mol. The Morgan fingerprint density at radius 3 is 2.08 bits per heavy atom. The molecule has 0 aliphatic heterocycles. The summed E-state index contributed by atoms with van der Waals surface area (Å²) in [6, 6.07) is 7.68. The predicted molar refractivity (Wildman–Crippen MR) is 96.4 cm³/mol. The van der Waals surface area contributed by atoms with Gasteiger partial charge in [0.25, 0.3) is 0 Å². The minimum Gasteiger partial charge on any atom is -0.487 e. The summed E-state index contributed by atoms with van der Waals surface area (Å²) in [5.74, 6) is -0.682. The van der Waals surface area contributed by atoms with Gasteiger partial charge >= 0.3 is 11.9 Å². The van der Waals surface area contributed by atoms with Crippen molar-refractivity contribution in [2.24, 2.45) is 5.92 Å². The summed E-state index contributed by atoms with van der Waals surface area (Å²) in [5, 5.41) is 0. The molecule has 0 amide bonds. The van der Waals surface area contributed by atoms with Gasteiger partial charge in [-0.2, -0.15) is 0 Å². The Kier molecular flexibility index (Phi) is 7.46. The number of esters is 2. The average Bonchev–Trinajstić information content (AvgIpc) is 2.47. The maximum Gasteiger partial charge on any atom is 0.309 e. The van der Waals surface area contributed by atoms with E-state index in [0.717, 1.165) is 11.3 Å². The van der Waals surface area contributed by atoms with E-state index in [4.69, 9.17) is 14.2 Å². The SMILES string of the molecule is Cc1ccc(O[C@H](C)[C@H](C)OC(=O)[C@H](C)CC(=O)OC(C)(C)C)cc1. The third-order valence-corrected chi connectivity index (χ3v) is 3.60. The molecule has 0 spiro atoms. The number of benzene rings is 1. The van der Waals surface area contributed by atoms with Crippen LogP contribution in [-0.4, -0.2) is 29.7 Å². The molecule has 1 aromatic rings. The highest BCUT2D eigenvalue weighted by atomic mass is 16.6. The third kappa shape index (κ3) is 8.05. The smallest absolute Gasteiger partial charge is 0.309 e. The molecule has 1 aromatic carbocycles. The lowest BCUT2D eigenvalue weighted by atomic mass is 10.1. The van der Waals surface area contributed by atoms with Crippen molar-refractivity contribution in [2.75, 3.05) is 0 Å². The van der Waals surface area contributed by atoms with Gasteiger partial charge in [0.05, 0.1) is 12.3 Å². The molecule has 0 aliphatic carbocycles. The van der Waals surface area contributed by atoms with Crippen LogP contribution in [0.15, 0.2) is 24.3 Å². The zero-order chi connectivity index (χ0) is 19.2. The molecule has 25 heavy (non-hydrogen) atoms. The van der Waals surface area contributed by atoms with E-state index in [1.54, 1.807) is 34.6 Å². The van der Waals surface area contributed by atoms with Crippen LogP contribution >= 0.6 is 0 Å². The van der Waals surface area contributed by atoms with Crippen LogP contribution in [-0.2, 0) is 19.1 Å². The fourth-order valence-corrected chi connectivity index (χ4v) is 2.04. The Morgan fingerprint density at radius 1 is 1.00 bits per heavy atom. The van der Waals surface area contributed by atoms with Crippen molar-refractivity contribution in [3.05, 3.63) is 29.8 Å². The number of ether oxygens (including phenoxy) is 3. The highest BCUT2D eigenvalue weighted by Gasteiger charge is 2.26. The number of carbonyl (C=O) groups is 2. The molecule has 5 nitrogen and oxygen atoms in total. The number of aryl methyl sites for hydroxylation is 1. The van der Waals surface area contributed by atoms with Crippen molar-refractivity contribution < 1.29 is 23.8 Å². The standard InChI is InChI=1S/C20H30O5/c1-13-8-10-17(11-9-13)23-15(3)16(4)24-19(22)14(2)12-18(21)25-20(5,6)7/h8-11,14-16H,12H2,1-7H3/t14-,15-,16+/m1/s1. The highest BCUT2D eigenvalue weighted by Crippen LogP contribution is 2.17. The van der Waals surface area contributed by atoms with Gasteiger partial charge in [-0.25, -0.2) is 0 Å². The van der Waals surface area contributed by atoms with Crippen LogP contribution in [0.4, 0.5) is 0 Å². The van der Waals surface area contributed by atoms with E-state index in [1.165, 1.54) is 0 Å². The minimum atomic E-state index is -0.566. The van der Waals surface area contributed by atoms with Crippen LogP contribution in [0.25, 0.3) is 0 Å². The van der Waals surface area contributed by atoms with Crippen LogP contribution in [0, 0.1) is 12.8 Å². The van der Waals surface area contributed by atoms with Crippen molar-refractivity contribution in [1.29, 1.82) is 0 Å². The van der Waals surface area contributed by atoms with Gasteiger partial charge in [-0.15, -0.1) is 0 Å². The second kappa shape index (κ2) is 8.88. The number of rotatable bonds is 7. The summed E-state index contributed by atoms with van der Waals surface area (Å²) in [5.41, 5.74) is 0.583. The van der Waals surface area contributed by atoms with Crippen molar-refractivity contribution in [3.63, 3.8) is 0 Å². The molecule has 3 atom stereocenters. The summed E-state index contributed by atoms with van der Waals surface area (Å²) in [7, 11) is 0. The van der Waals surface area contributed by atoms with Crippen molar-refractivity contribution in [3.8, 4) is 5.75 Å².